The average molecular weight is 927 g/mol. The number of rotatable bonds is 24. The second-order valence-corrected chi connectivity index (χ2v) is 17.1. The van der Waals surface area contributed by atoms with Crippen LogP contribution in [0.25, 0.3) is 0 Å². The minimum Gasteiger partial charge on any atom is -0.481 e. The number of likely N-dealkylation sites (tertiary alicyclic amines) is 2. The maximum Gasteiger partial charge on any atom is 0.326 e. The van der Waals surface area contributed by atoms with Crippen LogP contribution in [0.4, 0.5) is 0 Å². The average Bonchev–Trinajstić information content (AvgIpc) is 3.94. The number of carbonyl (C=O) groups is 11. The highest BCUT2D eigenvalue weighted by molar-refractivity contribution is 5.98. The quantitative estimate of drug-likeness (QED) is 0.0431. The topological polar surface area (TPSA) is 385 Å². The summed E-state index contributed by atoms with van der Waals surface area (Å²) in [5.74, 6) is -11.9. The van der Waals surface area contributed by atoms with Crippen LogP contribution in [-0.4, -0.2) is 183 Å². The fourth-order valence-corrected chi connectivity index (χ4v) is 7.23. The molecule has 13 N–H and O–H groups in total. The Morgan fingerprint density at radius 2 is 0.985 bits per heavy atom. The lowest BCUT2D eigenvalue weighted by Crippen LogP contribution is -2.62. The van der Waals surface area contributed by atoms with Crippen molar-refractivity contribution in [3.8, 4) is 0 Å². The summed E-state index contributed by atoms with van der Waals surface area (Å²) in [6, 6.07) is -11.9. The van der Waals surface area contributed by atoms with E-state index in [1.807, 2.05) is 0 Å². The number of carbonyl (C=O) groups excluding carboxylic acids is 9. The number of aliphatic hydroxyl groups excluding tert-OH is 2. The number of carboxylic acid groups (broad SMARTS) is 2. The summed E-state index contributed by atoms with van der Waals surface area (Å²) in [5.41, 5.74) is 5.70. The molecule has 65 heavy (non-hydrogen) atoms. The highest BCUT2D eigenvalue weighted by Gasteiger charge is 2.40. The molecule has 2 aliphatic rings. The minimum absolute atomic E-state index is 0.162. The zero-order valence-electron chi connectivity index (χ0n) is 37.8. The molecule has 25 nitrogen and oxygen atoms in total. The van der Waals surface area contributed by atoms with Gasteiger partial charge in [-0.1, -0.05) is 41.5 Å². The molecule has 2 heterocycles. The van der Waals surface area contributed by atoms with E-state index in [-0.39, 0.29) is 25.9 Å². The molecule has 9 atom stereocenters. The molecule has 0 aliphatic carbocycles. The first-order valence-corrected chi connectivity index (χ1v) is 21.5. The van der Waals surface area contributed by atoms with E-state index >= 15 is 0 Å². The molecule has 9 amide bonds. The van der Waals surface area contributed by atoms with Crippen molar-refractivity contribution in [2.24, 2.45) is 23.5 Å². The van der Waals surface area contributed by atoms with Gasteiger partial charge in [-0.05, 0) is 50.4 Å². The monoisotopic (exact) mass is 926 g/mol. The molecular weight excluding hydrogens is 860 g/mol. The fourth-order valence-electron chi connectivity index (χ4n) is 7.23. The standard InChI is InChI=1S/C40H66N10O15/c1-18(2)29(46-27(53)15-42-34(58)25-10-8-12-49(25)39(63)22(41)14-28(54)55)37(61)48-31(20(5)6)36(60)45-24(17-52)33(57)47-30(19(3)4)35(59)44-23(16-51)32(56)43-21(7)38(62)50-13-9-11-26(50)40(64)65/h18-26,29-31,51-52H,8-17,41H2,1-7H3,(H,42,58)(H,43,56)(H,44,59)(H,45,60)(H,46,53)(H,47,57)(H,48,61)(H,54,55)(H,64,65). The predicted octanol–water partition coefficient (Wildman–Crippen LogP) is -5.15. The van der Waals surface area contributed by atoms with Crippen molar-refractivity contribution in [1.82, 2.24) is 47.0 Å². The number of nitrogens with one attached hydrogen (secondary N) is 7. The Balaban J connectivity index is 2.04. The normalized spacial score (nSPS) is 19.2. The first-order valence-electron chi connectivity index (χ1n) is 21.5. The molecule has 0 aromatic heterocycles. The summed E-state index contributed by atoms with van der Waals surface area (Å²) in [7, 11) is 0. The molecule has 0 bridgehead atoms. The van der Waals surface area contributed by atoms with Crippen LogP contribution in [-0.2, 0) is 52.7 Å². The summed E-state index contributed by atoms with van der Waals surface area (Å²) in [4.78, 5) is 143. The third-order valence-electron chi connectivity index (χ3n) is 10.9. The van der Waals surface area contributed by atoms with Gasteiger partial charge in [-0.3, -0.25) is 47.9 Å². The molecule has 2 aliphatic heterocycles. The van der Waals surface area contributed by atoms with Crippen LogP contribution in [0, 0.1) is 17.8 Å². The van der Waals surface area contributed by atoms with Gasteiger partial charge in [0.25, 0.3) is 0 Å². The van der Waals surface area contributed by atoms with E-state index < -0.39 is 163 Å². The van der Waals surface area contributed by atoms with E-state index in [0.29, 0.717) is 12.8 Å². The van der Waals surface area contributed by atoms with Crippen molar-refractivity contribution in [3.05, 3.63) is 0 Å². The Morgan fingerprint density at radius 3 is 1.43 bits per heavy atom. The van der Waals surface area contributed by atoms with Crippen LogP contribution in [0.1, 0.15) is 80.6 Å². The molecule has 0 spiro atoms. The van der Waals surface area contributed by atoms with E-state index in [2.05, 4.69) is 37.2 Å². The molecule has 366 valence electrons. The Morgan fingerprint density at radius 1 is 0.569 bits per heavy atom. The van der Waals surface area contributed by atoms with Crippen LogP contribution in [0.2, 0.25) is 0 Å². The third-order valence-corrected chi connectivity index (χ3v) is 10.9. The lowest BCUT2D eigenvalue weighted by Gasteiger charge is -2.29. The van der Waals surface area contributed by atoms with Gasteiger partial charge in [-0.2, -0.15) is 0 Å². The smallest absolute Gasteiger partial charge is 0.326 e. The molecule has 0 aromatic carbocycles. The zero-order valence-corrected chi connectivity index (χ0v) is 37.8. The molecular formula is C40H66N10O15. The van der Waals surface area contributed by atoms with Crippen LogP contribution in [0.5, 0.6) is 0 Å². The molecule has 2 rings (SSSR count). The van der Waals surface area contributed by atoms with E-state index in [4.69, 9.17) is 10.8 Å². The molecule has 0 radical (unpaired) electrons. The van der Waals surface area contributed by atoms with E-state index in [1.54, 1.807) is 27.7 Å². The number of hydrogen-bond acceptors (Lipinski definition) is 14. The Kier molecular flexibility index (Phi) is 21.7. The second kappa shape index (κ2) is 25.5. The summed E-state index contributed by atoms with van der Waals surface area (Å²) in [6.45, 7) is 8.60. The number of aliphatic hydroxyl groups is 2. The van der Waals surface area contributed by atoms with Gasteiger partial charge in [-0.15, -0.1) is 0 Å². The molecule has 25 heteroatoms. The van der Waals surface area contributed by atoms with Crippen molar-refractivity contribution in [3.63, 3.8) is 0 Å². The number of nitrogens with zero attached hydrogens (tertiary/aromatic N) is 2. The third kappa shape index (κ3) is 15.9. The van der Waals surface area contributed by atoms with Gasteiger partial charge in [0.2, 0.25) is 53.2 Å². The first kappa shape index (κ1) is 55.2. The lowest BCUT2D eigenvalue weighted by molar-refractivity contribution is -0.149. The van der Waals surface area contributed by atoms with E-state index in [1.165, 1.54) is 20.8 Å². The van der Waals surface area contributed by atoms with Crippen LogP contribution < -0.4 is 43.0 Å². The van der Waals surface area contributed by atoms with Crippen molar-refractivity contribution < 1.29 is 73.2 Å². The van der Waals surface area contributed by atoms with Gasteiger partial charge in [0.05, 0.1) is 32.2 Å². The maximum absolute atomic E-state index is 13.5. The maximum atomic E-state index is 13.5. The number of hydrogen-bond donors (Lipinski definition) is 12. The van der Waals surface area contributed by atoms with Crippen LogP contribution >= 0.6 is 0 Å². The number of nitrogens with two attached hydrogens (primary N) is 1. The van der Waals surface area contributed by atoms with Crippen molar-refractivity contribution in [2.75, 3.05) is 32.8 Å². The lowest BCUT2D eigenvalue weighted by atomic mass is 9.99. The summed E-state index contributed by atoms with van der Waals surface area (Å²) in [5, 5.41) is 55.3. The van der Waals surface area contributed by atoms with Crippen molar-refractivity contribution >= 4 is 65.1 Å². The fraction of sp³-hybridized carbons (Fsp3) is 0.725. The number of aliphatic carboxylic acids is 2. The number of carboxylic acids is 2. The van der Waals surface area contributed by atoms with E-state index in [0.717, 1.165) is 9.80 Å². The minimum atomic E-state index is -1.66. The first-order chi connectivity index (χ1) is 30.4. The number of amides is 9. The zero-order chi connectivity index (χ0) is 49.5. The second-order valence-electron chi connectivity index (χ2n) is 17.1. The van der Waals surface area contributed by atoms with Crippen LogP contribution in [0.15, 0.2) is 0 Å². The van der Waals surface area contributed by atoms with Gasteiger partial charge >= 0.3 is 11.9 Å². The summed E-state index contributed by atoms with van der Waals surface area (Å²) in [6.07, 6.45) is 0.748. The Bertz CT molecular complexity index is 1780. The van der Waals surface area contributed by atoms with Crippen LogP contribution in [0.3, 0.4) is 0 Å². The Hall–Kier alpha value is -5.95. The predicted molar refractivity (Wildman–Crippen MR) is 226 cm³/mol. The van der Waals surface area contributed by atoms with Crippen molar-refractivity contribution in [2.45, 2.75) is 135 Å². The molecule has 2 fully saturated rings. The highest BCUT2D eigenvalue weighted by atomic mass is 16.4. The largest absolute Gasteiger partial charge is 0.481 e. The summed E-state index contributed by atoms with van der Waals surface area (Å²) < 4.78 is 0. The molecule has 9 unspecified atom stereocenters. The van der Waals surface area contributed by atoms with E-state index in [9.17, 15) is 68.1 Å². The molecule has 2 saturated heterocycles. The van der Waals surface area contributed by atoms with Gasteiger partial charge in [0.1, 0.15) is 48.3 Å². The molecule has 0 saturated carbocycles. The van der Waals surface area contributed by atoms with Crippen molar-refractivity contribution in [1.29, 1.82) is 0 Å². The van der Waals surface area contributed by atoms with Gasteiger partial charge in [-0.25, -0.2) is 4.79 Å². The van der Waals surface area contributed by atoms with Gasteiger partial charge in [0.15, 0.2) is 0 Å². The Labute approximate surface area is 376 Å². The van der Waals surface area contributed by atoms with Gasteiger partial charge < -0.3 is 73.2 Å². The SMILES string of the molecule is CC(NC(=O)C(CO)NC(=O)C(NC(=O)C(CO)NC(=O)C(NC(=O)C(NC(=O)CNC(=O)C1CCCN1C(=O)C(N)CC(=O)O)C(C)C)C(C)C)C(C)C)C(=O)N1CCCC1C(=O)O. The molecule has 0 aromatic rings. The van der Waals surface area contributed by atoms with Gasteiger partial charge in [0, 0.05) is 13.1 Å². The summed E-state index contributed by atoms with van der Waals surface area (Å²) >= 11 is 0. The highest BCUT2D eigenvalue weighted by Crippen LogP contribution is 2.20.